The number of aromatic nitrogens is 1. The molecule has 2 heterocycles. The Bertz CT molecular complexity index is 1310. The maximum absolute atomic E-state index is 13.1. The minimum Gasteiger partial charge on any atom is -0.462 e. The molecule has 9 nitrogen and oxygen atoms in total. The molecule has 0 bridgehead atoms. The SMILES string of the molecule is CCOC(=O)c1ccccc1N1C(=O)C(Cl)=C(Nc2ccc(C(=O)Nc3nccs3)cc2)C1=O. The number of hydrogen-bond acceptors (Lipinski definition) is 8. The third-order valence-corrected chi connectivity index (χ3v) is 5.78. The minimum atomic E-state index is -0.773. The molecule has 0 saturated carbocycles. The number of carbonyl (C=O) groups is 4. The van der Waals surface area contributed by atoms with Crippen molar-refractivity contribution in [3.05, 3.63) is 82.0 Å². The fourth-order valence-electron chi connectivity index (χ4n) is 3.18. The van der Waals surface area contributed by atoms with Gasteiger partial charge in [0.2, 0.25) is 0 Å². The Morgan fingerprint density at radius 1 is 1.09 bits per heavy atom. The van der Waals surface area contributed by atoms with Gasteiger partial charge in [-0.25, -0.2) is 14.7 Å². The zero-order valence-electron chi connectivity index (χ0n) is 17.7. The number of nitrogens with one attached hydrogen (secondary N) is 2. The molecule has 2 N–H and O–H groups in total. The van der Waals surface area contributed by atoms with Gasteiger partial charge in [-0.1, -0.05) is 23.7 Å². The van der Waals surface area contributed by atoms with Gasteiger partial charge in [0, 0.05) is 22.8 Å². The lowest BCUT2D eigenvalue weighted by atomic mass is 10.1. The van der Waals surface area contributed by atoms with Gasteiger partial charge in [-0.2, -0.15) is 0 Å². The molecule has 172 valence electrons. The van der Waals surface area contributed by atoms with Crippen LogP contribution in [0.3, 0.4) is 0 Å². The van der Waals surface area contributed by atoms with Crippen LogP contribution in [0.15, 0.2) is 70.8 Å². The molecule has 4 rings (SSSR count). The van der Waals surface area contributed by atoms with Crippen molar-refractivity contribution in [1.82, 2.24) is 4.98 Å². The molecule has 3 aromatic rings. The fourth-order valence-corrected chi connectivity index (χ4v) is 3.92. The third kappa shape index (κ3) is 4.54. The average molecular weight is 497 g/mol. The molecular formula is C23H17ClN4O5S. The van der Waals surface area contributed by atoms with E-state index < -0.39 is 17.8 Å². The van der Waals surface area contributed by atoms with Crippen LogP contribution >= 0.6 is 22.9 Å². The summed E-state index contributed by atoms with van der Waals surface area (Å²) in [6.07, 6.45) is 1.58. The Morgan fingerprint density at radius 3 is 2.50 bits per heavy atom. The number of anilines is 3. The van der Waals surface area contributed by atoms with Crippen LogP contribution in [0, 0.1) is 0 Å². The second-order valence-corrected chi connectivity index (χ2v) is 8.14. The quantitative estimate of drug-likeness (QED) is 0.375. The van der Waals surface area contributed by atoms with Gasteiger partial charge in [0.1, 0.15) is 10.7 Å². The zero-order chi connectivity index (χ0) is 24.2. The monoisotopic (exact) mass is 496 g/mol. The Morgan fingerprint density at radius 2 is 1.82 bits per heavy atom. The molecule has 1 aromatic heterocycles. The summed E-state index contributed by atoms with van der Waals surface area (Å²) in [7, 11) is 0. The Kier molecular flexibility index (Phi) is 6.71. The summed E-state index contributed by atoms with van der Waals surface area (Å²) in [5.41, 5.74) is 0.790. The van der Waals surface area contributed by atoms with Crippen LogP contribution in [0.2, 0.25) is 0 Å². The van der Waals surface area contributed by atoms with Gasteiger partial charge in [0.05, 0.1) is 17.9 Å². The van der Waals surface area contributed by atoms with Crippen LogP contribution in [0.5, 0.6) is 0 Å². The highest BCUT2D eigenvalue weighted by molar-refractivity contribution is 7.13. The fraction of sp³-hybridized carbons (Fsp3) is 0.0870. The number of nitrogens with zero attached hydrogens (tertiary/aromatic N) is 2. The number of esters is 1. The van der Waals surface area contributed by atoms with Gasteiger partial charge in [0.25, 0.3) is 17.7 Å². The van der Waals surface area contributed by atoms with E-state index in [0.717, 1.165) is 4.90 Å². The first-order chi connectivity index (χ1) is 16.4. The summed E-state index contributed by atoms with van der Waals surface area (Å²) < 4.78 is 5.02. The molecule has 11 heteroatoms. The normalized spacial score (nSPS) is 13.3. The second kappa shape index (κ2) is 9.86. The topological polar surface area (TPSA) is 118 Å². The molecule has 0 radical (unpaired) electrons. The van der Waals surface area contributed by atoms with Crippen molar-refractivity contribution >= 4 is 63.1 Å². The van der Waals surface area contributed by atoms with Crippen LogP contribution in [-0.4, -0.2) is 35.3 Å². The van der Waals surface area contributed by atoms with Crippen LogP contribution in [0.1, 0.15) is 27.6 Å². The van der Waals surface area contributed by atoms with Crippen molar-refractivity contribution in [3.63, 3.8) is 0 Å². The number of rotatable bonds is 7. The van der Waals surface area contributed by atoms with E-state index >= 15 is 0 Å². The molecule has 1 aliphatic rings. The highest BCUT2D eigenvalue weighted by Gasteiger charge is 2.40. The third-order valence-electron chi connectivity index (χ3n) is 4.74. The molecule has 2 aromatic carbocycles. The van der Waals surface area contributed by atoms with E-state index in [4.69, 9.17) is 16.3 Å². The Balaban J connectivity index is 1.53. The molecule has 34 heavy (non-hydrogen) atoms. The molecule has 0 fully saturated rings. The number of benzene rings is 2. The zero-order valence-corrected chi connectivity index (χ0v) is 19.3. The highest BCUT2D eigenvalue weighted by Crippen LogP contribution is 2.32. The number of hydrogen-bond donors (Lipinski definition) is 2. The highest BCUT2D eigenvalue weighted by atomic mass is 35.5. The van der Waals surface area contributed by atoms with Gasteiger partial charge in [-0.3, -0.25) is 19.7 Å². The molecule has 0 unspecified atom stereocenters. The van der Waals surface area contributed by atoms with Gasteiger partial charge in [0.15, 0.2) is 5.13 Å². The van der Waals surface area contributed by atoms with Crippen molar-refractivity contribution in [2.75, 3.05) is 22.1 Å². The van der Waals surface area contributed by atoms with Crippen molar-refractivity contribution in [2.45, 2.75) is 6.92 Å². The van der Waals surface area contributed by atoms with Gasteiger partial charge in [-0.05, 0) is 43.3 Å². The van der Waals surface area contributed by atoms with Crippen LogP contribution in [-0.2, 0) is 14.3 Å². The summed E-state index contributed by atoms with van der Waals surface area (Å²) in [6.45, 7) is 1.79. The number of amides is 3. The number of para-hydroxylation sites is 1. The molecule has 0 saturated heterocycles. The van der Waals surface area contributed by atoms with Gasteiger partial charge < -0.3 is 10.1 Å². The first kappa shape index (κ1) is 23.1. The van der Waals surface area contributed by atoms with Gasteiger partial charge in [-0.15, -0.1) is 11.3 Å². The molecule has 1 aliphatic heterocycles. The molecular weight excluding hydrogens is 480 g/mol. The lowest BCUT2D eigenvalue weighted by Gasteiger charge is -2.18. The average Bonchev–Trinajstić information content (AvgIpc) is 3.42. The largest absolute Gasteiger partial charge is 0.462 e. The first-order valence-electron chi connectivity index (χ1n) is 10.0. The van der Waals surface area contributed by atoms with Crippen molar-refractivity contribution in [3.8, 4) is 0 Å². The number of imide groups is 1. The van der Waals surface area contributed by atoms with E-state index in [9.17, 15) is 19.2 Å². The Hall–Kier alpha value is -4.02. The van der Waals surface area contributed by atoms with Crippen molar-refractivity contribution in [2.24, 2.45) is 0 Å². The van der Waals surface area contributed by atoms with Gasteiger partial charge >= 0.3 is 5.97 Å². The molecule has 0 aliphatic carbocycles. The summed E-state index contributed by atoms with van der Waals surface area (Å²) in [5.74, 6) is -2.50. The molecule has 0 spiro atoms. The van der Waals surface area contributed by atoms with E-state index in [1.54, 1.807) is 54.9 Å². The van der Waals surface area contributed by atoms with E-state index in [1.807, 2.05) is 0 Å². The standard InChI is InChI=1S/C23H17ClN4O5S/c1-2-33-22(32)15-5-3-4-6-16(15)28-20(30)17(24)18(21(28)31)26-14-9-7-13(8-10-14)19(29)27-23-25-11-12-34-23/h3-12,26H,2H2,1H3,(H,25,27,29). The predicted octanol–water partition coefficient (Wildman–Crippen LogP) is 4.01. The summed E-state index contributed by atoms with van der Waals surface area (Å²) in [4.78, 5) is 55.3. The van der Waals surface area contributed by atoms with Crippen LogP contribution in [0.4, 0.5) is 16.5 Å². The van der Waals surface area contributed by atoms with E-state index in [1.165, 1.54) is 23.5 Å². The predicted molar refractivity (Wildman–Crippen MR) is 128 cm³/mol. The lowest BCUT2D eigenvalue weighted by molar-refractivity contribution is -0.120. The number of thiazole rings is 1. The summed E-state index contributed by atoms with van der Waals surface area (Å²) >= 11 is 7.49. The maximum Gasteiger partial charge on any atom is 0.340 e. The van der Waals surface area contributed by atoms with Crippen molar-refractivity contribution < 1.29 is 23.9 Å². The minimum absolute atomic E-state index is 0.0624. The molecule has 0 atom stereocenters. The number of ether oxygens (including phenoxy) is 1. The van der Waals surface area contributed by atoms with Crippen LogP contribution < -0.4 is 15.5 Å². The smallest absolute Gasteiger partial charge is 0.340 e. The lowest BCUT2D eigenvalue weighted by Crippen LogP contribution is -2.33. The summed E-state index contributed by atoms with van der Waals surface area (Å²) in [5, 5.41) is 7.40. The van der Waals surface area contributed by atoms with E-state index in [0.29, 0.717) is 16.4 Å². The van der Waals surface area contributed by atoms with E-state index in [2.05, 4.69) is 15.6 Å². The Labute approximate surface area is 203 Å². The van der Waals surface area contributed by atoms with Crippen LogP contribution in [0.25, 0.3) is 0 Å². The van der Waals surface area contributed by atoms with E-state index in [-0.39, 0.29) is 34.5 Å². The number of halogens is 1. The summed E-state index contributed by atoms with van der Waals surface area (Å²) in [6, 6.07) is 12.4. The molecule has 3 amide bonds. The maximum atomic E-state index is 13.1. The number of carbonyl (C=O) groups excluding carboxylic acids is 4. The van der Waals surface area contributed by atoms with Crippen molar-refractivity contribution in [1.29, 1.82) is 0 Å². The first-order valence-corrected chi connectivity index (χ1v) is 11.3. The second-order valence-electron chi connectivity index (χ2n) is 6.87.